The molecule has 2 N–H and O–H groups in total. The van der Waals surface area contributed by atoms with Crippen molar-refractivity contribution in [1.29, 1.82) is 0 Å². The zero-order valence-electron chi connectivity index (χ0n) is 5.91. The minimum absolute atomic E-state index is 0.0417. The zero-order chi connectivity index (χ0) is 8.20. The summed E-state index contributed by atoms with van der Waals surface area (Å²) in [7, 11) is 0. The fourth-order valence-electron chi connectivity index (χ4n) is 0.553. The molecule has 0 spiro atoms. The van der Waals surface area contributed by atoms with Crippen LogP contribution in [0.1, 0.15) is 26.2 Å². The van der Waals surface area contributed by atoms with Crippen molar-refractivity contribution < 1.29 is 13.2 Å². The Morgan fingerprint density at radius 2 is 1.90 bits per heavy atom. The minimum Gasteiger partial charge on any atom is -0.328 e. The van der Waals surface area contributed by atoms with Gasteiger partial charge in [-0.2, -0.15) is 13.2 Å². The molecular weight excluding hydrogens is 143 g/mol. The van der Waals surface area contributed by atoms with Crippen LogP contribution in [0.3, 0.4) is 0 Å². The van der Waals surface area contributed by atoms with Gasteiger partial charge in [0.25, 0.3) is 0 Å². The molecule has 0 aliphatic rings. The summed E-state index contributed by atoms with van der Waals surface area (Å²) in [4.78, 5) is 0. The van der Waals surface area contributed by atoms with E-state index in [1.54, 1.807) is 6.92 Å². The van der Waals surface area contributed by atoms with E-state index >= 15 is 0 Å². The van der Waals surface area contributed by atoms with Gasteiger partial charge in [-0.15, -0.1) is 0 Å². The number of rotatable bonds is 3. The van der Waals surface area contributed by atoms with Gasteiger partial charge in [0.15, 0.2) is 0 Å². The van der Waals surface area contributed by atoms with Crippen molar-refractivity contribution in [3.05, 3.63) is 0 Å². The van der Waals surface area contributed by atoms with E-state index in [1.165, 1.54) is 0 Å². The molecule has 0 bridgehead atoms. The van der Waals surface area contributed by atoms with Gasteiger partial charge >= 0.3 is 6.18 Å². The predicted octanol–water partition coefficient (Wildman–Crippen LogP) is 2.07. The van der Waals surface area contributed by atoms with Crippen molar-refractivity contribution in [2.45, 2.75) is 38.4 Å². The quantitative estimate of drug-likeness (QED) is 0.663. The van der Waals surface area contributed by atoms with Gasteiger partial charge in [0.1, 0.15) is 0 Å². The van der Waals surface area contributed by atoms with Crippen molar-refractivity contribution in [2.75, 3.05) is 0 Å². The lowest BCUT2D eigenvalue weighted by Crippen LogP contribution is -2.21. The van der Waals surface area contributed by atoms with Crippen molar-refractivity contribution in [2.24, 2.45) is 5.73 Å². The minimum atomic E-state index is -4.05. The van der Waals surface area contributed by atoms with Gasteiger partial charge in [0.05, 0.1) is 0 Å². The lowest BCUT2D eigenvalue weighted by molar-refractivity contribution is -0.136. The number of hydrogen-bond donors (Lipinski definition) is 1. The maximum Gasteiger partial charge on any atom is 0.389 e. The van der Waals surface area contributed by atoms with Gasteiger partial charge in [-0.3, -0.25) is 0 Å². The van der Waals surface area contributed by atoms with Crippen LogP contribution in [0.4, 0.5) is 13.2 Å². The molecule has 0 aliphatic carbocycles. The largest absolute Gasteiger partial charge is 0.389 e. The first-order valence-electron chi connectivity index (χ1n) is 3.28. The molecule has 0 aromatic rings. The molecule has 0 fully saturated rings. The zero-order valence-corrected chi connectivity index (χ0v) is 5.91. The summed E-state index contributed by atoms with van der Waals surface area (Å²) < 4.78 is 34.5. The highest BCUT2D eigenvalue weighted by Crippen LogP contribution is 2.22. The number of nitrogens with two attached hydrogens (primary N) is 1. The van der Waals surface area contributed by atoms with Gasteiger partial charge in [-0.1, -0.05) is 6.92 Å². The average molecular weight is 155 g/mol. The Bertz CT molecular complexity index is 89.5. The molecule has 0 saturated carbocycles. The smallest absolute Gasteiger partial charge is 0.328 e. The molecule has 0 rings (SSSR count). The molecule has 0 aromatic carbocycles. The molecule has 0 heterocycles. The third kappa shape index (κ3) is 5.88. The van der Waals surface area contributed by atoms with E-state index in [4.69, 9.17) is 5.73 Å². The maximum absolute atomic E-state index is 11.5. The second-order valence-electron chi connectivity index (χ2n) is 2.32. The monoisotopic (exact) mass is 155 g/mol. The molecule has 0 amide bonds. The van der Waals surface area contributed by atoms with Crippen LogP contribution in [0.5, 0.6) is 0 Å². The first kappa shape index (κ1) is 9.75. The lowest BCUT2D eigenvalue weighted by atomic mass is 10.1. The Morgan fingerprint density at radius 1 is 1.40 bits per heavy atom. The summed E-state index contributed by atoms with van der Waals surface area (Å²) in [6, 6.07) is -0.304. The molecule has 62 valence electrons. The third-order valence-corrected chi connectivity index (χ3v) is 1.32. The van der Waals surface area contributed by atoms with Crippen LogP contribution in [0.25, 0.3) is 0 Å². The number of alkyl halides is 3. The summed E-state index contributed by atoms with van der Waals surface area (Å²) in [6.07, 6.45) is -4.16. The van der Waals surface area contributed by atoms with Gasteiger partial charge in [-0.25, -0.2) is 0 Å². The normalized spacial score (nSPS) is 15.3. The van der Waals surface area contributed by atoms with Gasteiger partial charge in [-0.05, 0) is 12.8 Å². The van der Waals surface area contributed by atoms with Gasteiger partial charge < -0.3 is 5.73 Å². The molecule has 0 aliphatic heterocycles. The summed E-state index contributed by atoms with van der Waals surface area (Å²) in [5.74, 6) is 0. The standard InChI is InChI=1S/C6H12F3N/c1-2-5(10)3-4-6(7,8)9/h5H,2-4,10H2,1H3/t5-/m1/s1. The van der Waals surface area contributed by atoms with Crippen LogP contribution >= 0.6 is 0 Å². The SMILES string of the molecule is CC[C@@H](N)CCC(F)(F)F. The molecule has 0 aromatic heterocycles. The van der Waals surface area contributed by atoms with E-state index in [1.807, 2.05) is 0 Å². The molecule has 0 unspecified atom stereocenters. The lowest BCUT2D eigenvalue weighted by Gasteiger charge is -2.09. The fourth-order valence-corrected chi connectivity index (χ4v) is 0.553. The topological polar surface area (TPSA) is 26.0 Å². The first-order valence-corrected chi connectivity index (χ1v) is 3.28. The summed E-state index contributed by atoms with van der Waals surface area (Å²) in [6.45, 7) is 1.78. The molecule has 1 atom stereocenters. The molecule has 0 radical (unpaired) electrons. The highest BCUT2D eigenvalue weighted by atomic mass is 19.4. The highest BCUT2D eigenvalue weighted by molar-refractivity contribution is 4.61. The molecule has 4 heteroatoms. The van der Waals surface area contributed by atoms with Crippen molar-refractivity contribution in [3.63, 3.8) is 0 Å². The van der Waals surface area contributed by atoms with E-state index < -0.39 is 12.6 Å². The molecule has 10 heavy (non-hydrogen) atoms. The number of hydrogen-bond acceptors (Lipinski definition) is 1. The van der Waals surface area contributed by atoms with Crippen molar-refractivity contribution >= 4 is 0 Å². The van der Waals surface area contributed by atoms with E-state index in [9.17, 15) is 13.2 Å². The molecular formula is C6H12F3N. The van der Waals surface area contributed by atoms with Gasteiger partial charge in [0, 0.05) is 12.5 Å². The summed E-state index contributed by atoms with van der Waals surface area (Å²) in [5, 5.41) is 0. The molecule has 1 nitrogen and oxygen atoms in total. The Morgan fingerprint density at radius 3 is 2.20 bits per heavy atom. The van der Waals surface area contributed by atoms with Crippen LogP contribution in [0.2, 0.25) is 0 Å². The van der Waals surface area contributed by atoms with E-state index in [0.717, 1.165) is 0 Å². The Hall–Kier alpha value is -0.250. The van der Waals surface area contributed by atoms with Gasteiger partial charge in [0.2, 0.25) is 0 Å². The van der Waals surface area contributed by atoms with Crippen molar-refractivity contribution in [3.8, 4) is 0 Å². The second kappa shape index (κ2) is 3.81. The van der Waals surface area contributed by atoms with Crippen molar-refractivity contribution in [1.82, 2.24) is 0 Å². The van der Waals surface area contributed by atoms with E-state index in [-0.39, 0.29) is 12.5 Å². The first-order chi connectivity index (χ1) is 4.45. The third-order valence-electron chi connectivity index (χ3n) is 1.32. The van der Waals surface area contributed by atoms with Crippen LogP contribution in [-0.4, -0.2) is 12.2 Å². The van der Waals surface area contributed by atoms with E-state index in [2.05, 4.69) is 0 Å². The van der Waals surface area contributed by atoms with E-state index in [0.29, 0.717) is 6.42 Å². The Labute approximate surface area is 58.4 Å². The second-order valence-corrected chi connectivity index (χ2v) is 2.32. The summed E-state index contributed by atoms with van der Waals surface area (Å²) in [5.41, 5.74) is 5.28. The summed E-state index contributed by atoms with van der Waals surface area (Å²) >= 11 is 0. The Kier molecular flexibility index (Phi) is 3.71. The fraction of sp³-hybridized carbons (Fsp3) is 1.00. The Balaban J connectivity index is 3.36. The highest BCUT2D eigenvalue weighted by Gasteiger charge is 2.26. The van der Waals surface area contributed by atoms with Crippen LogP contribution in [0.15, 0.2) is 0 Å². The molecule has 0 saturated heterocycles. The number of halogens is 3. The van der Waals surface area contributed by atoms with Crippen LogP contribution < -0.4 is 5.73 Å². The van der Waals surface area contributed by atoms with Crippen LogP contribution in [-0.2, 0) is 0 Å². The van der Waals surface area contributed by atoms with Crippen LogP contribution in [0, 0.1) is 0 Å². The average Bonchev–Trinajstić information content (AvgIpc) is 1.81. The predicted molar refractivity (Wildman–Crippen MR) is 33.6 cm³/mol. The maximum atomic E-state index is 11.5.